The SMILES string of the molecule is CC(NC(=O)NCC(=O)Nc1ccccc1)c1cc2cc(Cl)ccc2o1. The van der Waals surface area contributed by atoms with Gasteiger partial charge in [0.2, 0.25) is 5.91 Å². The topological polar surface area (TPSA) is 83.4 Å². The van der Waals surface area contributed by atoms with Crippen LogP contribution in [0.1, 0.15) is 18.7 Å². The predicted octanol–water partition coefficient (Wildman–Crippen LogP) is 4.09. The molecule has 0 radical (unpaired) electrons. The smallest absolute Gasteiger partial charge is 0.315 e. The molecular formula is C19H18ClN3O3. The lowest BCUT2D eigenvalue weighted by molar-refractivity contribution is -0.115. The summed E-state index contributed by atoms with van der Waals surface area (Å²) in [5.74, 6) is 0.295. The number of fused-ring (bicyclic) bond motifs is 1. The second-order valence-electron chi connectivity index (χ2n) is 5.79. The molecule has 1 atom stereocenters. The van der Waals surface area contributed by atoms with Crippen molar-refractivity contribution in [3.63, 3.8) is 0 Å². The molecule has 0 aliphatic heterocycles. The molecule has 1 aromatic heterocycles. The standard InChI is InChI=1S/C19H18ClN3O3/c1-12(17-10-13-9-14(20)7-8-16(13)26-17)22-19(25)21-11-18(24)23-15-5-3-2-4-6-15/h2-10,12H,11H2,1H3,(H,23,24)(H2,21,22,25). The Morgan fingerprint density at radius 1 is 1.12 bits per heavy atom. The van der Waals surface area contributed by atoms with Crippen molar-refractivity contribution in [2.24, 2.45) is 0 Å². The molecule has 0 fully saturated rings. The van der Waals surface area contributed by atoms with E-state index in [2.05, 4.69) is 16.0 Å². The van der Waals surface area contributed by atoms with Gasteiger partial charge in [-0.05, 0) is 43.3 Å². The Morgan fingerprint density at radius 3 is 2.65 bits per heavy atom. The first-order chi connectivity index (χ1) is 12.5. The zero-order valence-electron chi connectivity index (χ0n) is 14.1. The van der Waals surface area contributed by atoms with Gasteiger partial charge >= 0.3 is 6.03 Å². The molecule has 0 saturated carbocycles. The van der Waals surface area contributed by atoms with E-state index in [1.165, 1.54) is 0 Å². The Kier molecular flexibility index (Phi) is 5.43. The maximum absolute atomic E-state index is 12.0. The van der Waals surface area contributed by atoms with Gasteiger partial charge in [0.15, 0.2) is 0 Å². The summed E-state index contributed by atoms with van der Waals surface area (Å²) < 4.78 is 5.71. The van der Waals surface area contributed by atoms with Crippen LogP contribution in [-0.2, 0) is 4.79 Å². The minimum Gasteiger partial charge on any atom is -0.459 e. The van der Waals surface area contributed by atoms with E-state index < -0.39 is 6.03 Å². The Morgan fingerprint density at radius 2 is 1.88 bits per heavy atom. The molecule has 0 aliphatic carbocycles. The second kappa shape index (κ2) is 7.93. The first kappa shape index (κ1) is 17.8. The summed E-state index contributed by atoms with van der Waals surface area (Å²) in [6.07, 6.45) is 0. The highest BCUT2D eigenvalue weighted by Crippen LogP contribution is 2.26. The zero-order chi connectivity index (χ0) is 18.5. The van der Waals surface area contributed by atoms with E-state index in [4.69, 9.17) is 16.0 Å². The molecule has 3 rings (SSSR count). The third kappa shape index (κ3) is 4.55. The van der Waals surface area contributed by atoms with Crippen molar-refractivity contribution < 1.29 is 14.0 Å². The van der Waals surface area contributed by atoms with Gasteiger partial charge in [-0.1, -0.05) is 29.8 Å². The number of para-hydroxylation sites is 1. The summed E-state index contributed by atoms with van der Waals surface area (Å²) in [6, 6.07) is 15.4. The predicted molar refractivity (Wildman–Crippen MR) is 101 cm³/mol. The van der Waals surface area contributed by atoms with Crippen molar-refractivity contribution >= 4 is 40.2 Å². The number of halogens is 1. The van der Waals surface area contributed by atoms with Gasteiger partial charge in [0.25, 0.3) is 0 Å². The molecule has 0 spiro atoms. The number of carbonyl (C=O) groups is 2. The van der Waals surface area contributed by atoms with Crippen LogP contribution >= 0.6 is 11.6 Å². The number of hydrogen-bond donors (Lipinski definition) is 3. The zero-order valence-corrected chi connectivity index (χ0v) is 14.8. The molecule has 7 heteroatoms. The van der Waals surface area contributed by atoms with Gasteiger partial charge in [0, 0.05) is 16.1 Å². The maximum atomic E-state index is 12.0. The monoisotopic (exact) mass is 371 g/mol. The van der Waals surface area contributed by atoms with Crippen molar-refractivity contribution in [3.05, 3.63) is 65.4 Å². The normalized spacial score (nSPS) is 11.8. The molecule has 3 amide bonds. The third-order valence-electron chi connectivity index (χ3n) is 3.74. The van der Waals surface area contributed by atoms with E-state index in [0.29, 0.717) is 22.1 Å². The van der Waals surface area contributed by atoms with Crippen molar-refractivity contribution in [1.29, 1.82) is 0 Å². The van der Waals surface area contributed by atoms with Gasteiger partial charge in [-0.3, -0.25) is 4.79 Å². The number of amides is 3. The molecule has 0 saturated heterocycles. The van der Waals surface area contributed by atoms with Gasteiger partial charge in [-0.15, -0.1) is 0 Å². The Bertz CT molecular complexity index is 924. The van der Waals surface area contributed by atoms with E-state index in [1.807, 2.05) is 24.3 Å². The number of carbonyl (C=O) groups excluding carboxylic acids is 2. The van der Waals surface area contributed by atoms with Gasteiger partial charge in [0.05, 0.1) is 12.6 Å². The summed E-state index contributed by atoms with van der Waals surface area (Å²) >= 11 is 5.96. The van der Waals surface area contributed by atoms with Crippen LogP contribution in [0.2, 0.25) is 5.02 Å². The fourth-order valence-corrected chi connectivity index (χ4v) is 2.63. The van der Waals surface area contributed by atoms with E-state index in [0.717, 1.165) is 5.39 Å². The lowest BCUT2D eigenvalue weighted by Crippen LogP contribution is -2.40. The Labute approximate surface area is 155 Å². The van der Waals surface area contributed by atoms with Crippen LogP contribution in [0, 0.1) is 0 Å². The number of benzene rings is 2. The molecule has 0 aliphatic rings. The van der Waals surface area contributed by atoms with E-state index in [1.54, 1.807) is 37.3 Å². The summed E-state index contributed by atoms with van der Waals surface area (Å²) in [5, 5.41) is 9.43. The van der Waals surface area contributed by atoms with Crippen LogP contribution in [0.25, 0.3) is 11.0 Å². The van der Waals surface area contributed by atoms with Gasteiger partial charge in [-0.2, -0.15) is 0 Å². The van der Waals surface area contributed by atoms with Crippen molar-refractivity contribution in [3.8, 4) is 0 Å². The summed E-state index contributed by atoms with van der Waals surface area (Å²) in [4.78, 5) is 23.8. The number of urea groups is 1. The van der Waals surface area contributed by atoms with Crippen LogP contribution in [-0.4, -0.2) is 18.5 Å². The lowest BCUT2D eigenvalue weighted by atomic mass is 10.2. The first-order valence-corrected chi connectivity index (χ1v) is 8.47. The van der Waals surface area contributed by atoms with Crippen LogP contribution in [0.15, 0.2) is 59.0 Å². The maximum Gasteiger partial charge on any atom is 0.315 e. The molecule has 2 aromatic carbocycles. The Hall–Kier alpha value is -2.99. The molecular weight excluding hydrogens is 354 g/mol. The summed E-state index contributed by atoms with van der Waals surface area (Å²) in [7, 11) is 0. The largest absolute Gasteiger partial charge is 0.459 e. The fraction of sp³-hybridized carbons (Fsp3) is 0.158. The third-order valence-corrected chi connectivity index (χ3v) is 3.97. The molecule has 134 valence electrons. The van der Waals surface area contributed by atoms with E-state index >= 15 is 0 Å². The molecule has 6 nitrogen and oxygen atoms in total. The Balaban J connectivity index is 1.51. The van der Waals surface area contributed by atoms with Crippen LogP contribution in [0.5, 0.6) is 0 Å². The highest BCUT2D eigenvalue weighted by Gasteiger charge is 2.15. The van der Waals surface area contributed by atoms with Gasteiger partial charge in [-0.25, -0.2) is 4.79 Å². The van der Waals surface area contributed by atoms with Crippen LogP contribution in [0.4, 0.5) is 10.5 Å². The number of anilines is 1. The molecule has 26 heavy (non-hydrogen) atoms. The number of rotatable bonds is 5. The molecule has 1 heterocycles. The van der Waals surface area contributed by atoms with E-state index in [9.17, 15) is 9.59 Å². The second-order valence-corrected chi connectivity index (χ2v) is 6.23. The quantitative estimate of drug-likeness (QED) is 0.631. The van der Waals surface area contributed by atoms with Crippen LogP contribution in [0.3, 0.4) is 0 Å². The molecule has 3 aromatic rings. The molecule has 1 unspecified atom stereocenters. The average Bonchev–Trinajstić information content (AvgIpc) is 3.04. The fourth-order valence-electron chi connectivity index (χ4n) is 2.45. The van der Waals surface area contributed by atoms with Crippen LogP contribution < -0.4 is 16.0 Å². The summed E-state index contributed by atoms with van der Waals surface area (Å²) in [5.41, 5.74) is 1.37. The van der Waals surface area contributed by atoms with Crippen molar-refractivity contribution in [2.75, 3.05) is 11.9 Å². The number of hydrogen-bond acceptors (Lipinski definition) is 3. The van der Waals surface area contributed by atoms with Crippen molar-refractivity contribution in [2.45, 2.75) is 13.0 Å². The molecule has 3 N–H and O–H groups in total. The average molecular weight is 372 g/mol. The van der Waals surface area contributed by atoms with Gasteiger partial charge < -0.3 is 20.4 Å². The highest BCUT2D eigenvalue weighted by molar-refractivity contribution is 6.31. The van der Waals surface area contributed by atoms with Gasteiger partial charge in [0.1, 0.15) is 11.3 Å². The van der Waals surface area contributed by atoms with Crippen molar-refractivity contribution in [1.82, 2.24) is 10.6 Å². The highest BCUT2D eigenvalue weighted by atomic mass is 35.5. The minimum absolute atomic E-state index is 0.136. The minimum atomic E-state index is -0.459. The molecule has 0 bridgehead atoms. The summed E-state index contributed by atoms with van der Waals surface area (Å²) in [6.45, 7) is 1.66. The number of furan rings is 1. The lowest BCUT2D eigenvalue weighted by Gasteiger charge is -2.12. The first-order valence-electron chi connectivity index (χ1n) is 8.09. The van der Waals surface area contributed by atoms with E-state index in [-0.39, 0.29) is 18.5 Å². The number of nitrogens with one attached hydrogen (secondary N) is 3.